The summed E-state index contributed by atoms with van der Waals surface area (Å²) in [5, 5.41) is 14.0. The third kappa shape index (κ3) is 9.82. The number of morpholine rings is 1. The number of cyclic esters (lactones) is 1. The number of ketones is 1. The highest BCUT2D eigenvalue weighted by molar-refractivity contribution is 5.85. The summed E-state index contributed by atoms with van der Waals surface area (Å²) in [5.74, 6) is -3.50. The molecule has 0 spiro atoms. The maximum Gasteiger partial charge on any atom is 0.408 e. The SMILES string of the molecule is CC[C@H]1OC(=O)[C@H](C)[C@@H](O[C@H]2C[C@@](C)(OC)[C@@H](O)[C@H](C)O2)[C@H](C)[C@@H](O[C@@H]2O[C@H](C)C[C@@H](N3CCOCC3)[C@@H]2N(C)C)[C@@](C)(OC)C[C@@H](C)C(=O)[C@H](C)[C@H]2NC(=O)O[C@@]21C. The van der Waals surface area contributed by atoms with Crippen molar-refractivity contribution in [3.63, 3.8) is 0 Å². The molecule has 0 aromatic carbocycles. The predicted molar refractivity (Wildman–Crippen MR) is 216 cm³/mol. The normalized spacial score (nSPS) is 47.2. The lowest BCUT2D eigenvalue weighted by atomic mass is 9.73. The van der Waals surface area contributed by atoms with E-state index in [1.165, 1.54) is 0 Å². The van der Waals surface area contributed by atoms with Crippen LogP contribution >= 0.6 is 0 Å². The van der Waals surface area contributed by atoms with E-state index in [-0.39, 0.29) is 36.8 Å². The highest BCUT2D eigenvalue weighted by Crippen LogP contribution is 2.43. The first-order valence-electron chi connectivity index (χ1n) is 21.8. The largest absolute Gasteiger partial charge is 0.458 e. The van der Waals surface area contributed by atoms with E-state index >= 15 is 0 Å². The molecule has 1 amide bonds. The van der Waals surface area contributed by atoms with Gasteiger partial charge in [0.15, 0.2) is 18.2 Å². The third-order valence-corrected chi connectivity index (χ3v) is 14.3. The molecule has 5 aliphatic rings. The van der Waals surface area contributed by atoms with E-state index in [0.29, 0.717) is 19.6 Å². The molecule has 0 saturated carbocycles. The van der Waals surface area contributed by atoms with Crippen LogP contribution in [0.15, 0.2) is 0 Å². The maximum absolute atomic E-state index is 14.6. The molecule has 0 bridgehead atoms. The second-order valence-electron chi connectivity index (χ2n) is 18.8. The Morgan fingerprint density at radius 2 is 1.54 bits per heavy atom. The van der Waals surface area contributed by atoms with Crippen LogP contribution < -0.4 is 5.32 Å². The van der Waals surface area contributed by atoms with E-state index in [1.807, 2.05) is 48.7 Å². The van der Waals surface area contributed by atoms with Gasteiger partial charge in [-0.3, -0.25) is 14.5 Å². The first-order chi connectivity index (χ1) is 27.6. The average Bonchev–Trinajstić information content (AvgIpc) is 3.52. The summed E-state index contributed by atoms with van der Waals surface area (Å²) in [6.07, 6.45) is -5.19. The highest BCUT2D eigenvalue weighted by Gasteiger charge is 2.58. The fourth-order valence-corrected chi connectivity index (χ4v) is 10.7. The van der Waals surface area contributed by atoms with E-state index in [9.17, 15) is 19.5 Å². The van der Waals surface area contributed by atoms with Gasteiger partial charge in [0.05, 0.1) is 66.8 Å². The molecule has 0 aromatic heterocycles. The number of hydrogen-bond acceptors (Lipinski definition) is 15. The molecule has 5 saturated heterocycles. The van der Waals surface area contributed by atoms with Crippen molar-refractivity contribution in [2.75, 3.05) is 54.6 Å². The number of methoxy groups -OCH3 is 2. The van der Waals surface area contributed by atoms with Crippen molar-refractivity contribution < 1.29 is 62.1 Å². The first kappa shape index (κ1) is 48.0. The van der Waals surface area contributed by atoms with E-state index in [2.05, 4.69) is 22.0 Å². The van der Waals surface area contributed by atoms with Crippen LogP contribution in [0.5, 0.6) is 0 Å². The van der Waals surface area contributed by atoms with Crippen LogP contribution in [-0.2, 0) is 52.2 Å². The summed E-state index contributed by atoms with van der Waals surface area (Å²) in [7, 11) is 7.20. The van der Waals surface area contributed by atoms with Crippen LogP contribution in [0.3, 0.4) is 0 Å². The highest BCUT2D eigenvalue weighted by atomic mass is 16.7. The summed E-state index contributed by atoms with van der Waals surface area (Å²) < 4.78 is 57.6. The van der Waals surface area contributed by atoms with Gasteiger partial charge in [-0.25, -0.2) is 4.79 Å². The quantitative estimate of drug-likeness (QED) is 0.323. The summed E-state index contributed by atoms with van der Waals surface area (Å²) in [6, 6.07) is -0.892. The Bertz CT molecular complexity index is 1450. The van der Waals surface area contributed by atoms with E-state index in [1.54, 1.807) is 41.9 Å². The van der Waals surface area contributed by atoms with E-state index < -0.39 is 102 Å². The molecular formula is C43H75N3O13. The Balaban J connectivity index is 1.64. The number of amides is 1. The number of nitrogens with one attached hydrogen (secondary N) is 1. The Hall–Kier alpha value is -1.99. The Kier molecular flexibility index (Phi) is 15.6. The summed E-state index contributed by atoms with van der Waals surface area (Å²) in [4.78, 5) is 46.7. The molecular weight excluding hydrogens is 766 g/mol. The van der Waals surface area contributed by atoms with Crippen LogP contribution in [0.4, 0.5) is 4.79 Å². The number of esters is 1. The van der Waals surface area contributed by atoms with Gasteiger partial charge in [0.25, 0.3) is 0 Å². The van der Waals surface area contributed by atoms with Gasteiger partial charge in [-0.2, -0.15) is 0 Å². The molecule has 2 N–H and O–H groups in total. The summed E-state index contributed by atoms with van der Waals surface area (Å²) >= 11 is 0. The van der Waals surface area contributed by atoms with Crippen LogP contribution in [0, 0.1) is 23.7 Å². The van der Waals surface area contributed by atoms with Gasteiger partial charge in [0.1, 0.15) is 18.0 Å². The van der Waals surface area contributed by atoms with Crippen LogP contribution in [0.1, 0.15) is 94.9 Å². The van der Waals surface area contributed by atoms with Crippen molar-refractivity contribution in [1.82, 2.24) is 15.1 Å². The predicted octanol–water partition coefficient (Wildman–Crippen LogP) is 3.53. The minimum atomic E-state index is -1.34. The summed E-state index contributed by atoms with van der Waals surface area (Å²) in [5.41, 5.74) is -3.50. The molecule has 0 aliphatic carbocycles. The number of Topliss-reactive ketones (excluding diaryl/α,β-unsaturated/α-hetero) is 1. The number of aliphatic hydroxyl groups is 1. The number of hydrogen-bond donors (Lipinski definition) is 2. The average molecular weight is 842 g/mol. The Labute approximate surface area is 351 Å². The van der Waals surface area contributed by atoms with Gasteiger partial charge in [-0.15, -0.1) is 0 Å². The zero-order valence-corrected chi connectivity index (χ0v) is 38.1. The number of aliphatic hydroxyl groups excluding tert-OH is 1. The third-order valence-electron chi connectivity index (χ3n) is 14.3. The molecule has 5 rings (SSSR count). The number of rotatable bonds is 9. The topological polar surface area (TPSA) is 173 Å². The van der Waals surface area contributed by atoms with Crippen LogP contribution in [-0.4, -0.2) is 172 Å². The van der Waals surface area contributed by atoms with Gasteiger partial charge in [0.2, 0.25) is 0 Å². The second-order valence-corrected chi connectivity index (χ2v) is 18.8. The lowest BCUT2D eigenvalue weighted by Gasteiger charge is -2.52. The number of ether oxygens (including phenoxy) is 9. The molecule has 0 unspecified atom stereocenters. The van der Waals surface area contributed by atoms with Crippen molar-refractivity contribution in [2.45, 2.75) is 179 Å². The lowest BCUT2D eigenvalue weighted by molar-refractivity contribution is -0.314. The van der Waals surface area contributed by atoms with Gasteiger partial charge in [0, 0.05) is 57.5 Å². The maximum atomic E-state index is 14.6. The van der Waals surface area contributed by atoms with Crippen molar-refractivity contribution in [3.05, 3.63) is 0 Å². The molecule has 16 nitrogen and oxygen atoms in total. The van der Waals surface area contributed by atoms with E-state index in [0.717, 1.165) is 19.5 Å². The van der Waals surface area contributed by atoms with Crippen molar-refractivity contribution in [3.8, 4) is 0 Å². The van der Waals surface area contributed by atoms with E-state index in [4.69, 9.17) is 42.6 Å². The minimum Gasteiger partial charge on any atom is -0.458 e. The number of carbonyl (C=O) groups excluding carboxylic acids is 3. The van der Waals surface area contributed by atoms with Crippen molar-refractivity contribution in [1.29, 1.82) is 0 Å². The zero-order valence-electron chi connectivity index (χ0n) is 38.1. The molecule has 5 aliphatic heterocycles. The van der Waals surface area contributed by atoms with Crippen molar-refractivity contribution >= 4 is 17.8 Å². The number of fused-ring (bicyclic) bond motifs is 1. The molecule has 5 fully saturated rings. The molecule has 5 heterocycles. The van der Waals surface area contributed by atoms with Gasteiger partial charge >= 0.3 is 12.1 Å². The van der Waals surface area contributed by atoms with Crippen LogP contribution in [0.25, 0.3) is 0 Å². The molecule has 0 radical (unpaired) electrons. The Morgan fingerprint density at radius 3 is 2.14 bits per heavy atom. The molecule has 16 heteroatoms. The Morgan fingerprint density at radius 1 is 0.898 bits per heavy atom. The molecule has 340 valence electrons. The zero-order chi connectivity index (χ0) is 43.8. The number of alkyl carbamates (subject to hydrolysis) is 1. The molecule has 59 heavy (non-hydrogen) atoms. The van der Waals surface area contributed by atoms with Crippen LogP contribution in [0.2, 0.25) is 0 Å². The monoisotopic (exact) mass is 842 g/mol. The number of likely N-dealkylation sites (N-methyl/N-ethyl adjacent to an activating group) is 1. The number of nitrogens with zero attached hydrogens (tertiary/aromatic N) is 2. The second kappa shape index (κ2) is 19.2. The minimum absolute atomic E-state index is 0.0898. The van der Waals surface area contributed by atoms with Gasteiger partial charge < -0.3 is 58.0 Å². The smallest absolute Gasteiger partial charge is 0.408 e. The molecule has 0 aromatic rings. The fourth-order valence-electron chi connectivity index (χ4n) is 10.7. The van der Waals surface area contributed by atoms with Gasteiger partial charge in [-0.05, 0) is 74.9 Å². The van der Waals surface area contributed by atoms with Crippen molar-refractivity contribution in [2.24, 2.45) is 23.7 Å². The summed E-state index contributed by atoms with van der Waals surface area (Å²) in [6.45, 7) is 21.4. The molecule has 18 atom stereocenters. The van der Waals surface area contributed by atoms with Gasteiger partial charge in [-0.1, -0.05) is 27.7 Å². The fraction of sp³-hybridized carbons (Fsp3) is 0.930. The number of carbonyl (C=O) groups is 3. The lowest BCUT2D eigenvalue weighted by Crippen LogP contribution is -2.65. The standard InChI is InChI=1S/C43H75N3O13/c1-15-30-43(10)35(44-40(50)59-43)25(4)33(47)23(2)21-42(9,52-14)37(58-39-32(45(11)12)29(20-24(3)54-39)46-16-18-53-19-17-46)26(5)34(27(6)38(49)56-30)57-31-22-41(8,51-13)36(48)28(7)55-31/h23-32,34-37,39,48H,15-22H2,1-14H3,(H,44,50)/t23-,24-,25+,26+,27-,28+,29-,30-,31+,32+,34+,35-,36+,37-,39+,41-,42+,43-/m1/s1. The first-order valence-corrected chi connectivity index (χ1v) is 21.8.